The van der Waals surface area contributed by atoms with Crippen LogP contribution in [0.1, 0.15) is 7.85 Å². The first-order valence-corrected chi connectivity index (χ1v) is 1.87. The summed E-state index contributed by atoms with van der Waals surface area (Å²) >= 11 is 0. The second-order valence-corrected chi connectivity index (χ2v) is 1.21. The second-order valence-electron chi connectivity index (χ2n) is 1.21. The number of hydrogen-bond acceptors (Lipinski definition) is 2. The molecule has 0 aromatic heterocycles. The SMILES string of the molecule is NC1=NC=CC1.[HH]. The lowest BCUT2D eigenvalue weighted by molar-refractivity contribution is 1.46. The Balaban J connectivity index is 0.000000360. The standard InChI is InChI=1S/C4H6N2.H2/c5-4-2-1-3-6-4;/h1,3H,2H2,(H2,5,6);1H. The van der Waals surface area contributed by atoms with E-state index >= 15 is 0 Å². The van der Waals surface area contributed by atoms with Gasteiger partial charge in [0.1, 0.15) is 5.84 Å². The average molecular weight is 84.1 g/mol. The molecule has 0 aliphatic carbocycles. The maximum Gasteiger partial charge on any atom is 0.103 e. The third-order valence-corrected chi connectivity index (χ3v) is 0.673. The largest absolute Gasteiger partial charge is 0.387 e. The molecule has 6 heavy (non-hydrogen) atoms. The van der Waals surface area contributed by atoms with Gasteiger partial charge in [0, 0.05) is 14.0 Å². The summed E-state index contributed by atoms with van der Waals surface area (Å²) in [6.07, 6.45) is 4.48. The van der Waals surface area contributed by atoms with Crippen molar-refractivity contribution in [2.75, 3.05) is 0 Å². The molecule has 34 valence electrons. The summed E-state index contributed by atoms with van der Waals surface area (Å²) in [5, 5.41) is 0. The first kappa shape index (κ1) is 3.40. The molecule has 1 aliphatic heterocycles. The quantitative estimate of drug-likeness (QED) is 0.456. The van der Waals surface area contributed by atoms with Crippen molar-refractivity contribution in [3.8, 4) is 0 Å². The Kier molecular flexibility index (Phi) is 0.638. The van der Waals surface area contributed by atoms with Gasteiger partial charge in [-0.15, -0.1) is 0 Å². The fourth-order valence-electron chi connectivity index (χ4n) is 0.375. The van der Waals surface area contributed by atoms with Crippen LogP contribution in [0.15, 0.2) is 17.3 Å². The van der Waals surface area contributed by atoms with Crippen molar-refractivity contribution in [2.45, 2.75) is 6.42 Å². The van der Waals surface area contributed by atoms with Gasteiger partial charge in [-0.25, -0.2) is 4.99 Å². The minimum atomic E-state index is 0. The molecule has 0 spiro atoms. The van der Waals surface area contributed by atoms with Crippen LogP contribution in [-0.2, 0) is 0 Å². The van der Waals surface area contributed by atoms with Crippen LogP contribution in [0.5, 0.6) is 0 Å². The first-order chi connectivity index (χ1) is 2.89. The van der Waals surface area contributed by atoms with E-state index in [2.05, 4.69) is 4.99 Å². The molecule has 1 aliphatic rings. The topological polar surface area (TPSA) is 38.4 Å². The lowest BCUT2D eigenvalue weighted by atomic mass is 10.4. The molecule has 0 aromatic rings. The van der Waals surface area contributed by atoms with Crippen molar-refractivity contribution >= 4 is 5.84 Å². The first-order valence-electron chi connectivity index (χ1n) is 1.87. The van der Waals surface area contributed by atoms with E-state index in [1.54, 1.807) is 6.20 Å². The van der Waals surface area contributed by atoms with Crippen molar-refractivity contribution in [1.82, 2.24) is 0 Å². The molecular weight excluding hydrogens is 76.1 g/mol. The van der Waals surface area contributed by atoms with Crippen molar-refractivity contribution in [2.24, 2.45) is 10.7 Å². The molecule has 2 nitrogen and oxygen atoms in total. The molecule has 0 aromatic carbocycles. The number of amidine groups is 1. The Morgan fingerprint density at radius 1 is 2.00 bits per heavy atom. The van der Waals surface area contributed by atoms with Crippen LogP contribution in [0, 0.1) is 0 Å². The van der Waals surface area contributed by atoms with E-state index in [-0.39, 0.29) is 1.43 Å². The van der Waals surface area contributed by atoms with E-state index in [4.69, 9.17) is 5.73 Å². The molecule has 0 atom stereocenters. The summed E-state index contributed by atoms with van der Waals surface area (Å²) in [5.41, 5.74) is 5.22. The van der Waals surface area contributed by atoms with E-state index in [1.165, 1.54) is 0 Å². The molecule has 0 saturated carbocycles. The second kappa shape index (κ2) is 1.12. The van der Waals surface area contributed by atoms with Gasteiger partial charge in [-0.3, -0.25) is 0 Å². The van der Waals surface area contributed by atoms with Crippen LogP contribution in [0.4, 0.5) is 0 Å². The molecule has 0 unspecified atom stereocenters. The highest BCUT2D eigenvalue weighted by Gasteiger charge is 1.88. The van der Waals surface area contributed by atoms with E-state index in [9.17, 15) is 0 Å². The fourth-order valence-corrected chi connectivity index (χ4v) is 0.375. The zero-order valence-corrected chi connectivity index (χ0v) is 3.39. The Morgan fingerprint density at radius 2 is 2.83 bits per heavy atom. The van der Waals surface area contributed by atoms with Gasteiger partial charge in [0.15, 0.2) is 0 Å². The smallest absolute Gasteiger partial charge is 0.103 e. The van der Waals surface area contributed by atoms with Crippen LogP contribution < -0.4 is 5.73 Å². The van der Waals surface area contributed by atoms with E-state index in [0.29, 0.717) is 0 Å². The number of nitrogens with two attached hydrogens (primary N) is 1. The number of nitrogens with zero attached hydrogens (tertiary/aromatic N) is 1. The van der Waals surface area contributed by atoms with E-state index in [0.717, 1.165) is 12.3 Å². The predicted octanol–water partition coefficient (Wildman–Crippen LogP) is 0.507. The Morgan fingerprint density at radius 3 is 3.00 bits per heavy atom. The van der Waals surface area contributed by atoms with Crippen molar-refractivity contribution in [3.63, 3.8) is 0 Å². The number of rotatable bonds is 0. The minimum absolute atomic E-state index is 0. The molecule has 0 fully saturated rings. The lowest BCUT2D eigenvalue weighted by Gasteiger charge is -1.78. The van der Waals surface area contributed by atoms with Gasteiger partial charge < -0.3 is 5.73 Å². The van der Waals surface area contributed by atoms with Gasteiger partial charge in [-0.1, -0.05) is 6.08 Å². The summed E-state index contributed by atoms with van der Waals surface area (Å²) in [4.78, 5) is 3.75. The average Bonchev–Trinajstić information content (AvgIpc) is 1.86. The highest BCUT2D eigenvalue weighted by Crippen LogP contribution is 1.92. The maximum atomic E-state index is 5.22. The molecular formula is C4H8N2. The number of aliphatic imine (C=N–C) groups is 1. The molecule has 2 heteroatoms. The molecule has 0 radical (unpaired) electrons. The third-order valence-electron chi connectivity index (χ3n) is 0.673. The molecule has 0 bridgehead atoms. The third kappa shape index (κ3) is 0.407. The van der Waals surface area contributed by atoms with Crippen LogP contribution in [0.25, 0.3) is 0 Å². The summed E-state index contributed by atoms with van der Waals surface area (Å²) in [7, 11) is 0. The lowest BCUT2D eigenvalue weighted by Crippen LogP contribution is -2.05. The summed E-state index contributed by atoms with van der Waals surface area (Å²) < 4.78 is 0. The van der Waals surface area contributed by atoms with Crippen molar-refractivity contribution < 1.29 is 1.43 Å². The zero-order chi connectivity index (χ0) is 4.41. The van der Waals surface area contributed by atoms with Crippen molar-refractivity contribution in [1.29, 1.82) is 0 Å². The van der Waals surface area contributed by atoms with Gasteiger partial charge >= 0.3 is 0 Å². The normalized spacial score (nSPS) is 18.3. The summed E-state index contributed by atoms with van der Waals surface area (Å²) in [6.45, 7) is 0. The molecule has 0 saturated heterocycles. The minimum Gasteiger partial charge on any atom is -0.387 e. The molecule has 2 N–H and O–H groups in total. The van der Waals surface area contributed by atoms with Crippen LogP contribution in [0.2, 0.25) is 0 Å². The number of hydrogen-bond donors (Lipinski definition) is 1. The summed E-state index contributed by atoms with van der Waals surface area (Å²) in [5.74, 6) is 0.718. The van der Waals surface area contributed by atoms with Gasteiger partial charge in [0.2, 0.25) is 0 Å². The van der Waals surface area contributed by atoms with Crippen LogP contribution in [-0.4, -0.2) is 5.84 Å². The van der Waals surface area contributed by atoms with Crippen LogP contribution >= 0.6 is 0 Å². The highest BCUT2D eigenvalue weighted by atomic mass is 14.8. The molecule has 1 rings (SSSR count). The van der Waals surface area contributed by atoms with Gasteiger partial charge in [0.05, 0.1) is 0 Å². The zero-order valence-electron chi connectivity index (χ0n) is 3.39. The molecule has 1 heterocycles. The monoisotopic (exact) mass is 84.1 g/mol. The Labute approximate surface area is 37.9 Å². The van der Waals surface area contributed by atoms with Gasteiger partial charge in [-0.2, -0.15) is 0 Å². The molecule has 0 amide bonds. The highest BCUT2D eigenvalue weighted by molar-refractivity contribution is 5.83. The predicted molar refractivity (Wildman–Crippen MR) is 27.5 cm³/mol. The summed E-state index contributed by atoms with van der Waals surface area (Å²) in [6, 6.07) is 0. The van der Waals surface area contributed by atoms with E-state index < -0.39 is 0 Å². The van der Waals surface area contributed by atoms with Crippen LogP contribution in [0.3, 0.4) is 0 Å². The fraction of sp³-hybridized carbons (Fsp3) is 0.250. The Hall–Kier alpha value is -0.790. The Bertz CT molecular complexity index is 106. The van der Waals surface area contributed by atoms with Gasteiger partial charge in [0.25, 0.3) is 0 Å². The van der Waals surface area contributed by atoms with E-state index in [1.807, 2.05) is 6.08 Å². The van der Waals surface area contributed by atoms with Crippen molar-refractivity contribution in [3.05, 3.63) is 12.3 Å². The maximum absolute atomic E-state index is 5.22. The van der Waals surface area contributed by atoms with Gasteiger partial charge in [-0.05, 0) is 0 Å².